The van der Waals surface area contributed by atoms with E-state index < -0.39 is 0 Å². The summed E-state index contributed by atoms with van der Waals surface area (Å²) in [6.45, 7) is 7.02. The number of aryl methyl sites for hydroxylation is 2. The van der Waals surface area contributed by atoms with Gasteiger partial charge in [-0.2, -0.15) is 10.2 Å². The van der Waals surface area contributed by atoms with Crippen molar-refractivity contribution in [1.82, 2.24) is 15.5 Å². The van der Waals surface area contributed by atoms with Crippen molar-refractivity contribution in [2.75, 3.05) is 6.54 Å². The van der Waals surface area contributed by atoms with Gasteiger partial charge in [-0.15, -0.1) is 0 Å². The Bertz CT molecular complexity index is 584. The number of nitrogens with one attached hydrogen (secondary N) is 1. The highest BCUT2D eigenvalue weighted by molar-refractivity contribution is 6.31. The third-order valence-corrected chi connectivity index (χ3v) is 3.64. The van der Waals surface area contributed by atoms with E-state index in [-0.39, 0.29) is 6.04 Å². The van der Waals surface area contributed by atoms with Crippen LogP contribution in [-0.2, 0) is 6.42 Å². The number of halogens is 1. The zero-order valence-corrected chi connectivity index (χ0v) is 12.9. The molecule has 0 radical (unpaired) electrons. The molecule has 0 saturated heterocycles. The van der Waals surface area contributed by atoms with Gasteiger partial charge < -0.3 is 5.32 Å². The summed E-state index contributed by atoms with van der Waals surface area (Å²) in [5.41, 5.74) is 4.18. The minimum atomic E-state index is 0.0536. The molecule has 20 heavy (non-hydrogen) atoms. The maximum absolute atomic E-state index is 6.36. The molecule has 0 saturated carbocycles. The van der Waals surface area contributed by atoms with E-state index in [4.69, 9.17) is 11.6 Å². The van der Waals surface area contributed by atoms with Crippen LogP contribution in [0.15, 0.2) is 30.3 Å². The zero-order valence-electron chi connectivity index (χ0n) is 12.2. The van der Waals surface area contributed by atoms with Crippen LogP contribution in [-0.4, -0.2) is 16.7 Å². The number of aromatic nitrogens is 2. The summed E-state index contributed by atoms with van der Waals surface area (Å²) in [4.78, 5) is 0. The number of hydrogen-bond donors (Lipinski definition) is 1. The normalized spacial score (nSPS) is 12.4. The van der Waals surface area contributed by atoms with Gasteiger partial charge in [0.15, 0.2) is 0 Å². The standard InChI is InChI=1S/C16H20ClN3/c1-4-15-13(10-11(3)19-20-15)16(18-5-2)12-8-6-7-9-14(12)17/h6-10,16,18H,4-5H2,1-3H3. The molecule has 1 atom stereocenters. The Labute approximate surface area is 125 Å². The molecule has 0 amide bonds. The maximum atomic E-state index is 6.36. The summed E-state index contributed by atoms with van der Waals surface area (Å²) in [5.74, 6) is 0. The summed E-state index contributed by atoms with van der Waals surface area (Å²) >= 11 is 6.36. The first kappa shape index (κ1) is 14.9. The molecule has 1 unspecified atom stereocenters. The van der Waals surface area contributed by atoms with E-state index in [0.717, 1.165) is 40.5 Å². The van der Waals surface area contributed by atoms with Gasteiger partial charge >= 0.3 is 0 Å². The van der Waals surface area contributed by atoms with E-state index in [9.17, 15) is 0 Å². The van der Waals surface area contributed by atoms with Crippen molar-refractivity contribution >= 4 is 11.6 Å². The van der Waals surface area contributed by atoms with Crippen LogP contribution >= 0.6 is 11.6 Å². The van der Waals surface area contributed by atoms with Gasteiger partial charge in [0.05, 0.1) is 17.4 Å². The lowest BCUT2D eigenvalue weighted by Crippen LogP contribution is -2.24. The Morgan fingerprint density at radius 3 is 2.55 bits per heavy atom. The van der Waals surface area contributed by atoms with E-state index in [1.54, 1.807) is 0 Å². The molecule has 0 aliphatic carbocycles. The summed E-state index contributed by atoms with van der Waals surface area (Å²) in [5, 5.41) is 12.8. The molecule has 1 aromatic carbocycles. The van der Waals surface area contributed by atoms with Gasteiger partial charge in [-0.1, -0.05) is 43.6 Å². The van der Waals surface area contributed by atoms with Crippen molar-refractivity contribution in [3.05, 3.63) is 57.9 Å². The molecule has 1 aromatic heterocycles. The van der Waals surface area contributed by atoms with Crippen LogP contribution in [0.1, 0.15) is 42.4 Å². The van der Waals surface area contributed by atoms with Gasteiger partial charge in [0.2, 0.25) is 0 Å². The average Bonchev–Trinajstić information content (AvgIpc) is 2.46. The highest BCUT2D eigenvalue weighted by atomic mass is 35.5. The topological polar surface area (TPSA) is 37.8 Å². The molecule has 0 bridgehead atoms. The van der Waals surface area contributed by atoms with Gasteiger partial charge in [-0.05, 0) is 43.1 Å². The van der Waals surface area contributed by atoms with Crippen LogP contribution in [0.2, 0.25) is 5.02 Å². The first-order valence-corrected chi connectivity index (χ1v) is 7.36. The molecule has 0 aliphatic rings. The summed E-state index contributed by atoms with van der Waals surface area (Å²) in [6, 6.07) is 10.1. The van der Waals surface area contributed by atoms with Gasteiger partial charge in [-0.3, -0.25) is 0 Å². The number of rotatable bonds is 5. The molecule has 4 heteroatoms. The van der Waals surface area contributed by atoms with Crippen LogP contribution in [0.4, 0.5) is 0 Å². The van der Waals surface area contributed by atoms with Crippen LogP contribution in [0.5, 0.6) is 0 Å². The first-order chi connectivity index (χ1) is 9.67. The average molecular weight is 290 g/mol. The van der Waals surface area contributed by atoms with E-state index in [1.165, 1.54) is 0 Å². The highest BCUT2D eigenvalue weighted by Gasteiger charge is 2.19. The fourth-order valence-electron chi connectivity index (χ4n) is 2.36. The Kier molecular flexibility index (Phi) is 5.10. The Morgan fingerprint density at radius 2 is 1.90 bits per heavy atom. The maximum Gasteiger partial charge on any atom is 0.0679 e. The lowest BCUT2D eigenvalue weighted by Gasteiger charge is -2.22. The molecule has 0 spiro atoms. The van der Waals surface area contributed by atoms with Crippen molar-refractivity contribution in [3.8, 4) is 0 Å². The van der Waals surface area contributed by atoms with Crippen molar-refractivity contribution in [1.29, 1.82) is 0 Å². The third-order valence-electron chi connectivity index (χ3n) is 3.30. The highest BCUT2D eigenvalue weighted by Crippen LogP contribution is 2.29. The second-order valence-electron chi connectivity index (χ2n) is 4.75. The van der Waals surface area contributed by atoms with Crippen LogP contribution in [0, 0.1) is 6.92 Å². The molecule has 106 valence electrons. The SMILES string of the molecule is CCNC(c1ccccc1Cl)c1cc(C)nnc1CC. The number of benzene rings is 1. The minimum Gasteiger partial charge on any atom is -0.306 e. The van der Waals surface area contributed by atoms with Crippen LogP contribution in [0.25, 0.3) is 0 Å². The second-order valence-corrected chi connectivity index (χ2v) is 5.16. The van der Waals surface area contributed by atoms with E-state index >= 15 is 0 Å². The largest absolute Gasteiger partial charge is 0.306 e. The molecule has 0 aliphatic heterocycles. The smallest absolute Gasteiger partial charge is 0.0679 e. The lowest BCUT2D eigenvalue weighted by atomic mass is 9.96. The molecule has 3 nitrogen and oxygen atoms in total. The van der Waals surface area contributed by atoms with Gasteiger partial charge in [0.1, 0.15) is 0 Å². The minimum absolute atomic E-state index is 0.0536. The lowest BCUT2D eigenvalue weighted by molar-refractivity contribution is 0.617. The summed E-state index contributed by atoms with van der Waals surface area (Å²) < 4.78 is 0. The summed E-state index contributed by atoms with van der Waals surface area (Å²) in [7, 11) is 0. The quantitative estimate of drug-likeness (QED) is 0.912. The molecule has 0 fully saturated rings. The van der Waals surface area contributed by atoms with E-state index in [2.05, 4.69) is 41.5 Å². The van der Waals surface area contributed by atoms with Crippen molar-refractivity contribution in [2.45, 2.75) is 33.2 Å². The summed E-state index contributed by atoms with van der Waals surface area (Å²) in [6.07, 6.45) is 0.856. The third kappa shape index (κ3) is 3.17. The molecule has 1 N–H and O–H groups in total. The zero-order chi connectivity index (χ0) is 14.5. The fraction of sp³-hybridized carbons (Fsp3) is 0.375. The van der Waals surface area contributed by atoms with Gasteiger partial charge in [0, 0.05) is 5.02 Å². The van der Waals surface area contributed by atoms with E-state index in [0.29, 0.717) is 0 Å². The monoisotopic (exact) mass is 289 g/mol. The number of hydrogen-bond acceptors (Lipinski definition) is 3. The molecular weight excluding hydrogens is 270 g/mol. The molecule has 2 aromatic rings. The fourth-order valence-corrected chi connectivity index (χ4v) is 2.60. The van der Waals surface area contributed by atoms with Gasteiger partial charge in [0.25, 0.3) is 0 Å². The predicted octanol–water partition coefficient (Wildman–Crippen LogP) is 3.70. The molecular formula is C16H20ClN3. The van der Waals surface area contributed by atoms with Crippen molar-refractivity contribution in [2.24, 2.45) is 0 Å². The van der Waals surface area contributed by atoms with Crippen molar-refractivity contribution in [3.63, 3.8) is 0 Å². The first-order valence-electron chi connectivity index (χ1n) is 6.98. The van der Waals surface area contributed by atoms with E-state index in [1.807, 2.05) is 25.1 Å². The van der Waals surface area contributed by atoms with Crippen molar-refractivity contribution < 1.29 is 0 Å². The Balaban J connectivity index is 2.54. The second kappa shape index (κ2) is 6.82. The Morgan fingerprint density at radius 1 is 1.15 bits per heavy atom. The van der Waals surface area contributed by atoms with Gasteiger partial charge in [-0.25, -0.2) is 0 Å². The van der Waals surface area contributed by atoms with Crippen LogP contribution in [0.3, 0.4) is 0 Å². The number of nitrogens with zero attached hydrogens (tertiary/aromatic N) is 2. The van der Waals surface area contributed by atoms with Crippen LogP contribution < -0.4 is 5.32 Å². The Hall–Kier alpha value is -1.45. The molecule has 2 rings (SSSR count). The predicted molar refractivity (Wildman–Crippen MR) is 83.1 cm³/mol. The molecule has 1 heterocycles.